The van der Waals surface area contributed by atoms with Gasteiger partial charge in [0.1, 0.15) is 17.7 Å². The van der Waals surface area contributed by atoms with Gasteiger partial charge in [-0.3, -0.25) is 0 Å². The van der Waals surface area contributed by atoms with Crippen LogP contribution in [-0.2, 0) is 0 Å². The number of thioether (sulfide) groups is 1. The van der Waals surface area contributed by atoms with Crippen LogP contribution in [0.3, 0.4) is 0 Å². The highest BCUT2D eigenvalue weighted by molar-refractivity contribution is 8.00. The number of anilines is 1. The summed E-state index contributed by atoms with van der Waals surface area (Å²) in [7, 11) is 0. The molecule has 0 saturated carbocycles. The molecule has 0 saturated heterocycles. The number of hydrogen-bond acceptors (Lipinski definition) is 4. The molecule has 0 unspecified atom stereocenters. The standard InChI is InChI=1S/C19H24N2OS/c1-3-21(4-2)13-14-22-16-11-9-15(10-12-16)19-20-17-7-5-6-8-18(17)23-19/h5-12,19-20H,3-4,13-14H2,1-2H3/t19-/m1/s1. The van der Waals surface area contributed by atoms with E-state index in [1.807, 2.05) is 11.8 Å². The zero-order valence-corrected chi connectivity index (χ0v) is 14.6. The predicted molar refractivity (Wildman–Crippen MR) is 98.4 cm³/mol. The van der Waals surface area contributed by atoms with Crippen molar-refractivity contribution in [1.29, 1.82) is 0 Å². The molecule has 1 N–H and O–H groups in total. The van der Waals surface area contributed by atoms with Gasteiger partial charge >= 0.3 is 0 Å². The first-order chi connectivity index (χ1) is 11.3. The van der Waals surface area contributed by atoms with Crippen LogP contribution < -0.4 is 10.1 Å². The number of benzene rings is 2. The minimum absolute atomic E-state index is 0.289. The van der Waals surface area contributed by atoms with E-state index in [0.717, 1.165) is 32.0 Å². The summed E-state index contributed by atoms with van der Waals surface area (Å²) >= 11 is 1.86. The summed E-state index contributed by atoms with van der Waals surface area (Å²) in [5.74, 6) is 0.946. The summed E-state index contributed by atoms with van der Waals surface area (Å²) in [4.78, 5) is 3.68. The molecule has 2 aromatic rings. The van der Waals surface area contributed by atoms with Crippen LogP contribution in [0.25, 0.3) is 0 Å². The summed E-state index contributed by atoms with van der Waals surface area (Å²) in [6.45, 7) is 8.23. The zero-order chi connectivity index (χ0) is 16.1. The maximum absolute atomic E-state index is 5.85. The van der Waals surface area contributed by atoms with Crippen molar-refractivity contribution >= 4 is 17.4 Å². The molecule has 1 heterocycles. The summed E-state index contributed by atoms with van der Waals surface area (Å²) in [6, 6.07) is 16.9. The highest BCUT2D eigenvalue weighted by atomic mass is 32.2. The van der Waals surface area contributed by atoms with Crippen LogP contribution in [-0.4, -0.2) is 31.1 Å². The van der Waals surface area contributed by atoms with Crippen LogP contribution in [0.1, 0.15) is 24.8 Å². The van der Waals surface area contributed by atoms with Crippen molar-refractivity contribution in [3.05, 3.63) is 54.1 Å². The topological polar surface area (TPSA) is 24.5 Å². The molecule has 1 aliphatic heterocycles. The Kier molecular flexibility index (Phi) is 5.47. The number of nitrogens with zero attached hydrogens (tertiary/aromatic N) is 1. The van der Waals surface area contributed by atoms with Crippen LogP contribution in [0.2, 0.25) is 0 Å². The summed E-state index contributed by atoms with van der Waals surface area (Å²) in [5, 5.41) is 3.85. The third-order valence-corrected chi connectivity index (χ3v) is 5.41. The van der Waals surface area contributed by atoms with Crippen molar-refractivity contribution in [2.45, 2.75) is 24.1 Å². The highest BCUT2D eigenvalue weighted by Crippen LogP contribution is 2.46. The second-order valence-corrected chi connectivity index (χ2v) is 6.73. The lowest BCUT2D eigenvalue weighted by molar-refractivity contribution is 0.223. The monoisotopic (exact) mass is 328 g/mol. The molecule has 0 spiro atoms. The minimum Gasteiger partial charge on any atom is -0.492 e. The molecular formula is C19H24N2OS. The fraction of sp³-hybridized carbons (Fsp3) is 0.368. The molecule has 122 valence electrons. The van der Waals surface area contributed by atoms with E-state index in [1.54, 1.807) is 0 Å². The fourth-order valence-corrected chi connectivity index (χ4v) is 3.85. The van der Waals surface area contributed by atoms with E-state index in [2.05, 4.69) is 72.6 Å². The lowest BCUT2D eigenvalue weighted by Crippen LogP contribution is -2.27. The molecule has 0 amide bonds. The van der Waals surface area contributed by atoms with E-state index < -0.39 is 0 Å². The van der Waals surface area contributed by atoms with E-state index in [-0.39, 0.29) is 5.37 Å². The average molecular weight is 328 g/mol. The summed E-state index contributed by atoms with van der Waals surface area (Å²) in [6.07, 6.45) is 0. The van der Waals surface area contributed by atoms with Crippen LogP contribution in [0.4, 0.5) is 5.69 Å². The van der Waals surface area contributed by atoms with E-state index in [4.69, 9.17) is 4.74 Å². The van der Waals surface area contributed by atoms with Crippen LogP contribution in [0, 0.1) is 0 Å². The van der Waals surface area contributed by atoms with E-state index in [9.17, 15) is 0 Å². The SMILES string of the molecule is CCN(CC)CCOc1ccc([C@@H]2Nc3ccccc3S2)cc1. The van der Waals surface area contributed by atoms with Crippen molar-refractivity contribution in [1.82, 2.24) is 4.90 Å². The molecule has 0 radical (unpaired) electrons. The first kappa shape index (κ1) is 16.2. The molecule has 23 heavy (non-hydrogen) atoms. The molecule has 4 heteroatoms. The van der Waals surface area contributed by atoms with Gasteiger partial charge in [0.25, 0.3) is 0 Å². The van der Waals surface area contributed by atoms with Crippen LogP contribution in [0.15, 0.2) is 53.4 Å². The third-order valence-electron chi connectivity index (χ3n) is 4.17. The van der Waals surface area contributed by atoms with Gasteiger partial charge in [0, 0.05) is 17.1 Å². The molecule has 0 aromatic heterocycles. The normalized spacial score (nSPS) is 16.2. The fourth-order valence-electron chi connectivity index (χ4n) is 2.71. The molecular weight excluding hydrogens is 304 g/mol. The summed E-state index contributed by atoms with van der Waals surface area (Å²) < 4.78 is 5.85. The smallest absolute Gasteiger partial charge is 0.119 e. The second kappa shape index (κ2) is 7.75. The van der Waals surface area contributed by atoms with E-state index >= 15 is 0 Å². The second-order valence-electron chi connectivity index (χ2n) is 5.58. The number of likely N-dealkylation sites (N-methyl/N-ethyl adjacent to an activating group) is 1. The zero-order valence-electron chi connectivity index (χ0n) is 13.8. The number of para-hydroxylation sites is 1. The Morgan fingerprint density at radius 2 is 1.78 bits per heavy atom. The van der Waals surface area contributed by atoms with Gasteiger partial charge in [-0.2, -0.15) is 0 Å². The molecule has 3 nitrogen and oxygen atoms in total. The lowest BCUT2D eigenvalue weighted by Gasteiger charge is -2.18. The molecule has 0 aliphatic carbocycles. The van der Waals surface area contributed by atoms with Gasteiger partial charge in [0.2, 0.25) is 0 Å². The highest BCUT2D eigenvalue weighted by Gasteiger charge is 2.22. The number of nitrogens with one attached hydrogen (secondary N) is 1. The van der Waals surface area contributed by atoms with Gasteiger partial charge in [-0.05, 0) is 42.9 Å². The van der Waals surface area contributed by atoms with Gasteiger partial charge in [-0.1, -0.05) is 49.9 Å². The van der Waals surface area contributed by atoms with Crippen LogP contribution >= 0.6 is 11.8 Å². The molecule has 1 aliphatic rings. The molecule has 1 atom stereocenters. The van der Waals surface area contributed by atoms with Crippen molar-refractivity contribution in [2.75, 3.05) is 31.6 Å². The average Bonchev–Trinajstić information content (AvgIpc) is 3.03. The Hall–Kier alpha value is -1.65. The lowest BCUT2D eigenvalue weighted by atomic mass is 10.2. The van der Waals surface area contributed by atoms with Crippen molar-refractivity contribution in [3.63, 3.8) is 0 Å². The Morgan fingerprint density at radius 3 is 2.48 bits per heavy atom. The first-order valence-electron chi connectivity index (χ1n) is 8.27. The number of ether oxygens (including phenoxy) is 1. The first-order valence-corrected chi connectivity index (χ1v) is 9.15. The number of fused-ring (bicyclic) bond motifs is 1. The van der Waals surface area contributed by atoms with Gasteiger partial charge in [0.15, 0.2) is 0 Å². The van der Waals surface area contributed by atoms with E-state index in [0.29, 0.717) is 0 Å². The third kappa shape index (κ3) is 4.01. The molecule has 0 fully saturated rings. The summed E-state index contributed by atoms with van der Waals surface area (Å²) in [5.41, 5.74) is 2.50. The minimum atomic E-state index is 0.289. The predicted octanol–water partition coefficient (Wildman–Crippen LogP) is 4.62. The van der Waals surface area contributed by atoms with Gasteiger partial charge in [-0.25, -0.2) is 0 Å². The van der Waals surface area contributed by atoms with Gasteiger partial charge in [0.05, 0.1) is 0 Å². The van der Waals surface area contributed by atoms with Gasteiger partial charge in [-0.15, -0.1) is 0 Å². The largest absolute Gasteiger partial charge is 0.492 e. The Balaban J connectivity index is 1.54. The quantitative estimate of drug-likeness (QED) is 0.801. The number of rotatable bonds is 7. The Morgan fingerprint density at radius 1 is 1.04 bits per heavy atom. The maximum atomic E-state index is 5.85. The van der Waals surface area contributed by atoms with Gasteiger partial charge < -0.3 is 15.0 Å². The molecule has 3 rings (SSSR count). The van der Waals surface area contributed by atoms with E-state index in [1.165, 1.54) is 16.1 Å². The van der Waals surface area contributed by atoms with Crippen molar-refractivity contribution in [3.8, 4) is 5.75 Å². The number of hydrogen-bond donors (Lipinski definition) is 1. The maximum Gasteiger partial charge on any atom is 0.119 e. The Bertz CT molecular complexity index is 601. The van der Waals surface area contributed by atoms with Crippen molar-refractivity contribution in [2.24, 2.45) is 0 Å². The van der Waals surface area contributed by atoms with Crippen LogP contribution in [0.5, 0.6) is 5.75 Å². The Labute approximate surface area is 143 Å². The van der Waals surface area contributed by atoms with Crippen molar-refractivity contribution < 1.29 is 4.74 Å². The molecule has 0 bridgehead atoms. The molecule has 2 aromatic carbocycles.